The maximum absolute atomic E-state index is 12.7. The summed E-state index contributed by atoms with van der Waals surface area (Å²) in [5.74, 6) is -6.38. The van der Waals surface area contributed by atoms with Crippen LogP contribution in [0.25, 0.3) is 0 Å². The Morgan fingerprint density at radius 1 is 1.16 bits per heavy atom. The zero-order valence-corrected chi connectivity index (χ0v) is 20.7. The Morgan fingerprint density at radius 3 is 2.49 bits per heavy atom. The number of carbonyl (C=O) groups excluding carboxylic acids is 4. The van der Waals surface area contributed by atoms with Gasteiger partial charge in [-0.25, -0.2) is 4.79 Å². The van der Waals surface area contributed by atoms with Gasteiger partial charge >= 0.3 is 23.9 Å². The summed E-state index contributed by atoms with van der Waals surface area (Å²) in [5.41, 5.74) is 0.0279. The largest absolute Gasteiger partial charge is 0.481 e. The minimum Gasteiger partial charge on any atom is -0.481 e. The number of carboxylic acids is 2. The highest BCUT2D eigenvalue weighted by Gasteiger charge is 2.54. The lowest BCUT2D eigenvalue weighted by Gasteiger charge is -2.49. The predicted molar refractivity (Wildman–Crippen MR) is 128 cm³/mol. The average Bonchev–Trinajstić information content (AvgIpc) is 2.87. The normalized spacial score (nSPS) is 19.3. The van der Waals surface area contributed by atoms with Gasteiger partial charge in [-0.15, -0.1) is 11.8 Å². The molecule has 1 aromatic rings. The highest BCUT2D eigenvalue weighted by atomic mass is 32.2. The molecule has 2 amide bonds. The number of ether oxygens (including phenoxy) is 2. The molecule has 0 radical (unpaired) electrons. The number of amides is 2. The number of carbonyl (C=O) groups is 6. The van der Waals surface area contributed by atoms with Crippen molar-refractivity contribution in [2.24, 2.45) is 5.92 Å². The van der Waals surface area contributed by atoms with Gasteiger partial charge in [0.1, 0.15) is 29.5 Å². The fourth-order valence-corrected chi connectivity index (χ4v) is 5.12. The Balaban J connectivity index is 1.52. The summed E-state index contributed by atoms with van der Waals surface area (Å²) in [6.07, 6.45) is -0.127. The molecule has 2 aliphatic heterocycles. The second-order valence-electron chi connectivity index (χ2n) is 8.24. The molecule has 0 spiro atoms. The lowest BCUT2D eigenvalue weighted by molar-refractivity contribution is -0.153. The third-order valence-electron chi connectivity index (χ3n) is 5.70. The van der Waals surface area contributed by atoms with Gasteiger partial charge in [-0.3, -0.25) is 28.9 Å². The van der Waals surface area contributed by atoms with Crippen LogP contribution in [-0.2, 0) is 33.5 Å². The Bertz CT molecular complexity index is 1120. The van der Waals surface area contributed by atoms with Crippen LogP contribution in [-0.4, -0.2) is 74.6 Å². The van der Waals surface area contributed by atoms with E-state index in [1.807, 2.05) is 0 Å². The molecule has 1 aromatic carbocycles. The van der Waals surface area contributed by atoms with E-state index in [2.05, 4.69) is 5.32 Å². The lowest BCUT2D eigenvalue weighted by Crippen LogP contribution is -2.70. The lowest BCUT2D eigenvalue weighted by atomic mass is 10.0. The predicted octanol–water partition coefficient (Wildman–Crippen LogP) is 1.15. The van der Waals surface area contributed by atoms with Crippen molar-refractivity contribution in [3.8, 4) is 5.75 Å². The summed E-state index contributed by atoms with van der Waals surface area (Å²) < 4.78 is 10.1. The van der Waals surface area contributed by atoms with Crippen molar-refractivity contribution >= 4 is 47.5 Å². The SMILES string of the molecule is CCC(=O)OCC1=C(C(=O)O)N2C(=O)C(NC(=O)CCCC(C(=O)O)C(=O)Oc3ccccc3)[C@@H]2SC1. The Labute approximate surface area is 216 Å². The molecule has 37 heavy (non-hydrogen) atoms. The number of hydrogen-bond donors (Lipinski definition) is 3. The minimum absolute atomic E-state index is 0.0440. The third kappa shape index (κ3) is 6.67. The molecule has 0 bridgehead atoms. The van der Waals surface area contributed by atoms with E-state index in [0.29, 0.717) is 0 Å². The molecule has 198 valence electrons. The van der Waals surface area contributed by atoms with E-state index in [1.165, 1.54) is 23.9 Å². The van der Waals surface area contributed by atoms with Gasteiger partial charge in [0.15, 0.2) is 5.92 Å². The van der Waals surface area contributed by atoms with Crippen LogP contribution in [0.1, 0.15) is 32.6 Å². The molecule has 0 aromatic heterocycles. The zero-order valence-electron chi connectivity index (χ0n) is 19.9. The van der Waals surface area contributed by atoms with Gasteiger partial charge in [-0.1, -0.05) is 25.1 Å². The second-order valence-corrected chi connectivity index (χ2v) is 9.35. The number of rotatable bonds is 12. The van der Waals surface area contributed by atoms with Crippen LogP contribution < -0.4 is 10.1 Å². The summed E-state index contributed by atoms with van der Waals surface area (Å²) in [6, 6.07) is 7.05. The van der Waals surface area contributed by atoms with Crippen molar-refractivity contribution in [1.82, 2.24) is 10.2 Å². The topological polar surface area (TPSA) is 177 Å². The molecular formula is C24H26N2O10S. The third-order valence-corrected chi connectivity index (χ3v) is 7.04. The molecule has 1 fully saturated rings. The number of hydrogen-bond acceptors (Lipinski definition) is 9. The van der Waals surface area contributed by atoms with Crippen LogP contribution in [0.3, 0.4) is 0 Å². The number of benzene rings is 1. The average molecular weight is 535 g/mol. The zero-order chi connectivity index (χ0) is 27.1. The molecule has 3 N–H and O–H groups in total. The standard InChI is InChI=1S/C24H26N2O10S/c1-2-17(28)35-11-13-12-37-21-18(20(29)26(21)19(13)23(32)33)25-16(27)10-6-9-15(22(30)31)24(34)36-14-7-4-3-5-8-14/h3-5,7-8,15,18,21H,2,6,9-12H2,1H3,(H,25,27)(H,30,31)(H,32,33)/t15?,18?,21-/m0/s1. The number of carboxylic acid groups (broad SMARTS) is 2. The molecular weight excluding hydrogens is 508 g/mol. The minimum atomic E-state index is -1.47. The number of para-hydroxylation sites is 1. The van der Waals surface area contributed by atoms with E-state index in [1.54, 1.807) is 25.1 Å². The van der Waals surface area contributed by atoms with Gasteiger partial charge in [0.25, 0.3) is 5.91 Å². The Kier molecular flexibility index (Phi) is 9.28. The van der Waals surface area contributed by atoms with Crippen LogP contribution in [0.2, 0.25) is 0 Å². The van der Waals surface area contributed by atoms with Crippen molar-refractivity contribution in [2.45, 2.75) is 44.0 Å². The van der Waals surface area contributed by atoms with Gasteiger partial charge in [0, 0.05) is 24.2 Å². The number of thioether (sulfide) groups is 1. The molecule has 3 rings (SSSR count). The number of fused-ring (bicyclic) bond motifs is 1. The number of nitrogens with zero attached hydrogens (tertiary/aromatic N) is 1. The highest BCUT2D eigenvalue weighted by Crippen LogP contribution is 2.40. The smallest absolute Gasteiger partial charge is 0.352 e. The summed E-state index contributed by atoms with van der Waals surface area (Å²) in [5, 5.41) is 20.9. The first-order valence-corrected chi connectivity index (χ1v) is 12.5. The maximum atomic E-state index is 12.7. The quantitative estimate of drug-likeness (QED) is 0.152. The van der Waals surface area contributed by atoms with Gasteiger partial charge in [-0.05, 0) is 25.0 Å². The van der Waals surface area contributed by atoms with Gasteiger partial charge in [-0.2, -0.15) is 0 Å². The Hall–Kier alpha value is -3.87. The molecule has 3 atom stereocenters. The van der Waals surface area contributed by atoms with E-state index >= 15 is 0 Å². The van der Waals surface area contributed by atoms with Crippen LogP contribution in [0, 0.1) is 5.92 Å². The summed E-state index contributed by atoms with van der Waals surface area (Å²) in [6.45, 7) is 1.36. The van der Waals surface area contributed by atoms with Crippen molar-refractivity contribution in [3.63, 3.8) is 0 Å². The number of aliphatic carboxylic acids is 2. The van der Waals surface area contributed by atoms with E-state index in [-0.39, 0.29) is 55.1 Å². The monoisotopic (exact) mass is 534 g/mol. The molecule has 2 heterocycles. The number of β-lactam (4-membered cyclic amide) rings is 1. The molecule has 2 unspecified atom stereocenters. The summed E-state index contributed by atoms with van der Waals surface area (Å²) in [7, 11) is 0. The second kappa shape index (κ2) is 12.4. The molecule has 13 heteroatoms. The fraction of sp³-hybridized carbons (Fsp3) is 0.417. The van der Waals surface area contributed by atoms with Crippen LogP contribution >= 0.6 is 11.8 Å². The van der Waals surface area contributed by atoms with Crippen LogP contribution in [0.5, 0.6) is 5.75 Å². The summed E-state index contributed by atoms with van der Waals surface area (Å²) in [4.78, 5) is 73.2. The molecule has 0 aliphatic carbocycles. The molecule has 12 nitrogen and oxygen atoms in total. The van der Waals surface area contributed by atoms with Crippen molar-refractivity contribution < 1.29 is 48.5 Å². The van der Waals surface area contributed by atoms with Gasteiger partial charge in [0.2, 0.25) is 5.91 Å². The fourth-order valence-electron chi connectivity index (χ4n) is 3.79. The highest BCUT2D eigenvalue weighted by molar-refractivity contribution is 8.00. The van der Waals surface area contributed by atoms with E-state index in [0.717, 1.165) is 4.90 Å². The number of esters is 2. The van der Waals surface area contributed by atoms with Crippen LogP contribution in [0.15, 0.2) is 41.6 Å². The molecule has 0 saturated carbocycles. The maximum Gasteiger partial charge on any atom is 0.352 e. The van der Waals surface area contributed by atoms with Crippen LogP contribution in [0.4, 0.5) is 0 Å². The number of nitrogens with one attached hydrogen (secondary N) is 1. The van der Waals surface area contributed by atoms with E-state index in [9.17, 15) is 39.0 Å². The van der Waals surface area contributed by atoms with Gasteiger partial charge in [0.05, 0.1) is 0 Å². The summed E-state index contributed by atoms with van der Waals surface area (Å²) >= 11 is 1.23. The molecule has 2 aliphatic rings. The van der Waals surface area contributed by atoms with Crippen molar-refractivity contribution in [2.75, 3.05) is 12.4 Å². The Morgan fingerprint density at radius 2 is 1.86 bits per heavy atom. The first-order chi connectivity index (χ1) is 17.6. The van der Waals surface area contributed by atoms with Crippen molar-refractivity contribution in [1.29, 1.82) is 0 Å². The molecule has 1 saturated heterocycles. The van der Waals surface area contributed by atoms with E-state index < -0.39 is 53.0 Å². The first-order valence-electron chi connectivity index (χ1n) is 11.5. The van der Waals surface area contributed by atoms with Crippen molar-refractivity contribution in [3.05, 3.63) is 41.6 Å². The van der Waals surface area contributed by atoms with E-state index in [4.69, 9.17) is 9.47 Å². The first kappa shape index (κ1) is 27.7. The van der Waals surface area contributed by atoms with Gasteiger partial charge < -0.3 is 25.0 Å².